The first kappa shape index (κ1) is 22.8. The number of benzene rings is 1. The van der Waals surface area contributed by atoms with E-state index in [1.807, 2.05) is 0 Å². The zero-order valence-corrected chi connectivity index (χ0v) is 15.3. The maximum Gasteiger partial charge on any atom is 0.240 e. The minimum atomic E-state index is -3.74. The summed E-state index contributed by atoms with van der Waals surface area (Å²) in [5.74, 6) is -0.762. The van der Waals surface area contributed by atoms with Gasteiger partial charge in [0.2, 0.25) is 15.9 Å². The summed E-state index contributed by atoms with van der Waals surface area (Å²) in [5.41, 5.74) is 5.59. The topological polar surface area (TPSA) is 101 Å². The average molecular weight is 382 g/mol. The van der Waals surface area contributed by atoms with E-state index in [9.17, 15) is 17.6 Å². The van der Waals surface area contributed by atoms with Gasteiger partial charge in [-0.1, -0.05) is 19.8 Å². The van der Waals surface area contributed by atoms with Gasteiger partial charge in [-0.3, -0.25) is 4.79 Å². The van der Waals surface area contributed by atoms with Gasteiger partial charge in [0, 0.05) is 25.6 Å². The molecular formula is C15H25ClFN3O3S. The van der Waals surface area contributed by atoms with Gasteiger partial charge in [-0.05, 0) is 30.7 Å². The number of sulfonamides is 1. The summed E-state index contributed by atoms with van der Waals surface area (Å²) < 4.78 is 39.0. The number of unbranched alkanes of at least 4 members (excludes halogenated alkanes) is 1. The lowest BCUT2D eigenvalue weighted by molar-refractivity contribution is -0.121. The molecule has 0 radical (unpaired) electrons. The lowest BCUT2D eigenvalue weighted by Crippen LogP contribution is -2.41. The number of hydrogen-bond donors (Lipinski definition) is 3. The monoisotopic (exact) mass is 381 g/mol. The Morgan fingerprint density at radius 2 is 1.92 bits per heavy atom. The molecule has 1 atom stereocenters. The molecule has 0 aliphatic rings. The number of carbonyl (C=O) groups is 1. The van der Waals surface area contributed by atoms with Gasteiger partial charge in [0.25, 0.3) is 0 Å². The lowest BCUT2D eigenvalue weighted by Gasteiger charge is -2.16. The molecular weight excluding hydrogens is 357 g/mol. The van der Waals surface area contributed by atoms with Gasteiger partial charge in [0.05, 0.1) is 4.90 Å². The van der Waals surface area contributed by atoms with Crippen molar-refractivity contribution in [1.29, 1.82) is 0 Å². The highest BCUT2D eigenvalue weighted by Crippen LogP contribution is 2.09. The van der Waals surface area contributed by atoms with Crippen molar-refractivity contribution in [2.24, 2.45) is 5.73 Å². The van der Waals surface area contributed by atoms with Gasteiger partial charge in [0.15, 0.2) is 0 Å². The minimum absolute atomic E-state index is 0. The zero-order valence-electron chi connectivity index (χ0n) is 13.6. The van der Waals surface area contributed by atoms with Crippen LogP contribution in [0.2, 0.25) is 0 Å². The Hall–Kier alpha value is -1.22. The molecule has 1 rings (SSSR count). The summed E-state index contributed by atoms with van der Waals surface area (Å²) >= 11 is 0. The van der Waals surface area contributed by atoms with Crippen LogP contribution in [-0.4, -0.2) is 33.5 Å². The van der Waals surface area contributed by atoms with Crippen LogP contribution < -0.4 is 15.8 Å². The molecule has 1 aromatic rings. The molecule has 1 aromatic carbocycles. The van der Waals surface area contributed by atoms with Crippen LogP contribution in [0.25, 0.3) is 0 Å². The highest BCUT2D eigenvalue weighted by molar-refractivity contribution is 7.89. The van der Waals surface area contributed by atoms with Gasteiger partial charge < -0.3 is 11.1 Å². The molecule has 1 amide bonds. The number of carbonyl (C=O) groups excluding carboxylic acids is 1. The number of halogens is 2. The van der Waals surface area contributed by atoms with Crippen molar-refractivity contribution in [3.8, 4) is 0 Å². The first-order valence-electron chi connectivity index (χ1n) is 7.63. The number of nitrogens with one attached hydrogen (secondary N) is 2. The molecule has 0 saturated carbocycles. The quantitative estimate of drug-likeness (QED) is 0.572. The van der Waals surface area contributed by atoms with E-state index in [4.69, 9.17) is 5.73 Å². The maximum absolute atomic E-state index is 12.8. The molecule has 0 aromatic heterocycles. The van der Waals surface area contributed by atoms with E-state index < -0.39 is 15.8 Å². The zero-order chi connectivity index (χ0) is 17.3. The van der Waals surface area contributed by atoms with Gasteiger partial charge in [-0.15, -0.1) is 12.4 Å². The fraction of sp³-hybridized carbons (Fsp3) is 0.533. The Morgan fingerprint density at radius 1 is 1.29 bits per heavy atom. The molecule has 0 fully saturated rings. The van der Waals surface area contributed by atoms with Gasteiger partial charge in [-0.2, -0.15) is 0 Å². The highest BCUT2D eigenvalue weighted by Gasteiger charge is 2.15. The second-order valence-electron chi connectivity index (χ2n) is 5.24. The minimum Gasteiger partial charge on any atom is -0.352 e. The molecule has 4 N–H and O–H groups in total. The predicted molar refractivity (Wildman–Crippen MR) is 94.0 cm³/mol. The number of hydrogen-bond acceptors (Lipinski definition) is 4. The van der Waals surface area contributed by atoms with Crippen molar-refractivity contribution in [2.75, 3.05) is 13.1 Å². The van der Waals surface area contributed by atoms with E-state index in [-0.39, 0.29) is 42.2 Å². The molecule has 1 unspecified atom stereocenters. The van der Waals surface area contributed by atoms with E-state index in [2.05, 4.69) is 17.0 Å². The summed E-state index contributed by atoms with van der Waals surface area (Å²) in [7, 11) is -3.74. The van der Waals surface area contributed by atoms with Gasteiger partial charge in [0.1, 0.15) is 5.82 Å². The Labute approximate surface area is 148 Å². The van der Waals surface area contributed by atoms with Crippen LogP contribution in [0.1, 0.15) is 32.6 Å². The highest BCUT2D eigenvalue weighted by atomic mass is 35.5. The summed E-state index contributed by atoms with van der Waals surface area (Å²) in [6, 6.07) is 4.40. The standard InChI is InChI=1S/C15H24FN3O3S.ClH/c1-2-3-4-13(11-17)19-15(20)9-10-18-23(21,22)14-7-5-12(16)6-8-14;/h5-8,13,18H,2-4,9-11,17H2,1H3,(H,19,20);1H. The predicted octanol–water partition coefficient (Wildman–Crippen LogP) is 1.55. The van der Waals surface area contributed by atoms with Crippen LogP contribution in [-0.2, 0) is 14.8 Å². The van der Waals surface area contributed by atoms with Crippen molar-refractivity contribution in [3.63, 3.8) is 0 Å². The van der Waals surface area contributed by atoms with Gasteiger partial charge in [-0.25, -0.2) is 17.5 Å². The third kappa shape index (κ3) is 8.05. The van der Waals surface area contributed by atoms with Crippen LogP contribution >= 0.6 is 12.4 Å². The molecule has 9 heteroatoms. The normalized spacial score (nSPS) is 12.3. The summed E-state index contributed by atoms with van der Waals surface area (Å²) in [4.78, 5) is 11.8. The second kappa shape index (κ2) is 11.4. The van der Waals surface area contributed by atoms with Crippen molar-refractivity contribution in [1.82, 2.24) is 10.0 Å². The molecule has 0 aliphatic carbocycles. The van der Waals surface area contributed by atoms with Crippen LogP contribution in [0.3, 0.4) is 0 Å². The fourth-order valence-corrected chi connectivity index (χ4v) is 3.03. The summed E-state index contributed by atoms with van der Waals surface area (Å²) in [6.07, 6.45) is 2.81. The first-order chi connectivity index (χ1) is 10.9. The lowest BCUT2D eigenvalue weighted by atomic mass is 10.1. The van der Waals surface area contributed by atoms with E-state index >= 15 is 0 Å². The van der Waals surface area contributed by atoms with Crippen LogP contribution in [0.15, 0.2) is 29.2 Å². The Morgan fingerprint density at radius 3 is 2.46 bits per heavy atom. The SMILES string of the molecule is CCCCC(CN)NC(=O)CCNS(=O)(=O)c1ccc(F)cc1.Cl. The van der Waals surface area contributed by atoms with Crippen molar-refractivity contribution in [3.05, 3.63) is 30.1 Å². The van der Waals surface area contributed by atoms with Crippen molar-refractivity contribution < 1.29 is 17.6 Å². The maximum atomic E-state index is 12.8. The van der Waals surface area contributed by atoms with Crippen molar-refractivity contribution in [2.45, 2.75) is 43.5 Å². The molecule has 0 heterocycles. The molecule has 0 spiro atoms. The number of amides is 1. The van der Waals surface area contributed by atoms with E-state index in [0.29, 0.717) is 6.54 Å². The Bertz CT molecular complexity index is 596. The van der Waals surface area contributed by atoms with Crippen LogP contribution in [0.4, 0.5) is 4.39 Å². The Balaban J connectivity index is 0.00000529. The van der Waals surface area contributed by atoms with E-state index in [1.165, 1.54) is 12.1 Å². The summed E-state index contributed by atoms with van der Waals surface area (Å²) in [5, 5.41) is 2.79. The van der Waals surface area contributed by atoms with E-state index in [1.54, 1.807) is 0 Å². The second-order valence-corrected chi connectivity index (χ2v) is 7.01. The average Bonchev–Trinajstić information content (AvgIpc) is 2.51. The van der Waals surface area contributed by atoms with E-state index in [0.717, 1.165) is 31.4 Å². The smallest absolute Gasteiger partial charge is 0.240 e. The molecule has 24 heavy (non-hydrogen) atoms. The number of nitrogens with two attached hydrogens (primary N) is 1. The molecule has 6 nitrogen and oxygen atoms in total. The third-order valence-electron chi connectivity index (χ3n) is 3.32. The first-order valence-corrected chi connectivity index (χ1v) is 9.12. The molecule has 0 bridgehead atoms. The largest absolute Gasteiger partial charge is 0.352 e. The molecule has 0 saturated heterocycles. The van der Waals surface area contributed by atoms with Crippen LogP contribution in [0, 0.1) is 5.82 Å². The number of rotatable bonds is 10. The fourth-order valence-electron chi connectivity index (χ4n) is 2.00. The molecule has 0 aliphatic heterocycles. The van der Waals surface area contributed by atoms with Gasteiger partial charge >= 0.3 is 0 Å². The Kier molecular flexibility index (Phi) is 10.8. The third-order valence-corrected chi connectivity index (χ3v) is 4.80. The molecule has 138 valence electrons. The van der Waals surface area contributed by atoms with Crippen molar-refractivity contribution >= 4 is 28.3 Å². The van der Waals surface area contributed by atoms with Crippen LogP contribution in [0.5, 0.6) is 0 Å². The summed E-state index contributed by atoms with van der Waals surface area (Å²) in [6.45, 7) is 2.38.